The van der Waals surface area contributed by atoms with Gasteiger partial charge in [-0.1, -0.05) is 19.9 Å². The van der Waals surface area contributed by atoms with E-state index in [1.54, 1.807) is 0 Å². The largest absolute Gasteiger partial charge is 0.385 e. The minimum absolute atomic E-state index is 0.442. The van der Waals surface area contributed by atoms with Crippen molar-refractivity contribution in [2.45, 2.75) is 45.1 Å². The quantitative estimate of drug-likeness (QED) is 0.845. The topological polar surface area (TPSA) is 20.2 Å². The van der Waals surface area contributed by atoms with Crippen molar-refractivity contribution in [1.29, 1.82) is 0 Å². The molecule has 0 aromatic heterocycles. The number of hydrogen-bond acceptors (Lipinski definition) is 1. The molecule has 1 aliphatic rings. The summed E-state index contributed by atoms with van der Waals surface area (Å²) in [5, 5.41) is 10.7. The van der Waals surface area contributed by atoms with Crippen molar-refractivity contribution in [3.63, 3.8) is 0 Å². The van der Waals surface area contributed by atoms with Crippen LogP contribution in [-0.4, -0.2) is 5.11 Å². The molecule has 2 rings (SSSR count). The van der Waals surface area contributed by atoms with E-state index in [-0.39, 0.29) is 0 Å². The second-order valence-corrected chi connectivity index (χ2v) is 5.76. The van der Waals surface area contributed by atoms with Gasteiger partial charge >= 0.3 is 0 Å². The Kier molecular flexibility index (Phi) is 3.71. The molecule has 0 amide bonds. The zero-order valence-corrected chi connectivity index (χ0v) is 10.9. The van der Waals surface area contributed by atoms with Gasteiger partial charge in [-0.25, -0.2) is 8.78 Å². The summed E-state index contributed by atoms with van der Waals surface area (Å²) in [5.74, 6) is -0.801. The predicted molar refractivity (Wildman–Crippen MR) is 67.1 cm³/mol. The van der Waals surface area contributed by atoms with Gasteiger partial charge in [0.2, 0.25) is 0 Å². The smallest absolute Gasteiger partial charge is 0.159 e. The van der Waals surface area contributed by atoms with Crippen molar-refractivity contribution in [1.82, 2.24) is 0 Å². The Morgan fingerprint density at radius 2 is 2.00 bits per heavy atom. The first-order chi connectivity index (χ1) is 8.42. The number of aliphatic hydroxyl groups is 1. The normalized spacial score (nSPS) is 28.7. The van der Waals surface area contributed by atoms with Crippen LogP contribution in [0.3, 0.4) is 0 Å². The van der Waals surface area contributed by atoms with E-state index < -0.39 is 17.2 Å². The second kappa shape index (κ2) is 4.96. The fraction of sp³-hybridized carbons (Fsp3) is 0.600. The molecule has 2 unspecified atom stereocenters. The zero-order chi connectivity index (χ0) is 13.3. The van der Waals surface area contributed by atoms with Crippen LogP contribution >= 0.6 is 0 Å². The minimum atomic E-state index is -0.998. The van der Waals surface area contributed by atoms with Crippen LogP contribution in [0.15, 0.2) is 18.2 Å². The van der Waals surface area contributed by atoms with E-state index in [0.29, 0.717) is 30.2 Å². The molecule has 1 nitrogen and oxygen atoms in total. The molecule has 0 saturated heterocycles. The Morgan fingerprint density at radius 3 is 2.61 bits per heavy atom. The average molecular weight is 254 g/mol. The molecule has 0 spiro atoms. The highest BCUT2D eigenvalue weighted by molar-refractivity contribution is 5.25. The van der Waals surface area contributed by atoms with E-state index in [0.717, 1.165) is 25.0 Å². The van der Waals surface area contributed by atoms with Gasteiger partial charge in [0.15, 0.2) is 11.6 Å². The maximum Gasteiger partial charge on any atom is 0.159 e. The summed E-state index contributed by atoms with van der Waals surface area (Å²) in [6, 6.07) is 3.74. The van der Waals surface area contributed by atoms with Crippen molar-refractivity contribution in [2.75, 3.05) is 0 Å². The SMILES string of the molecule is CC(C)C1CCCC(O)(c2ccc(F)c(F)c2)C1. The van der Waals surface area contributed by atoms with Crippen molar-refractivity contribution in [3.8, 4) is 0 Å². The maximum absolute atomic E-state index is 13.3. The molecule has 1 N–H and O–H groups in total. The van der Waals surface area contributed by atoms with Crippen molar-refractivity contribution in [2.24, 2.45) is 11.8 Å². The van der Waals surface area contributed by atoms with Crippen LogP contribution < -0.4 is 0 Å². The second-order valence-electron chi connectivity index (χ2n) is 5.76. The summed E-state index contributed by atoms with van der Waals surface area (Å²) >= 11 is 0. The lowest BCUT2D eigenvalue weighted by molar-refractivity contribution is -0.0298. The van der Waals surface area contributed by atoms with E-state index in [1.165, 1.54) is 6.07 Å². The Bertz CT molecular complexity index is 431. The zero-order valence-electron chi connectivity index (χ0n) is 10.9. The Balaban J connectivity index is 2.26. The van der Waals surface area contributed by atoms with Gasteiger partial charge in [0, 0.05) is 0 Å². The molecular weight excluding hydrogens is 234 g/mol. The lowest BCUT2D eigenvalue weighted by Crippen LogP contribution is -2.34. The number of halogens is 2. The molecule has 1 aliphatic carbocycles. The fourth-order valence-electron chi connectivity index (χ4n) is 2.91. The molecule has 18 heavy (non-hydrogen) atoms. The fourth-order valence-corrected chi connectivity index (χ4v) is 2.91. The van der Waals surface area contributed by atoms with Crippen molar-refractivity contribution < 1.29 is 13.9 Å². The monoisotopic (exact) mass is 254 g/mol. The van der Waals surface area contributed by atoms with Gasteiger partial charge in [0.1, 0.15) is 0 Å². The third-order valence-electron chi connectivity index (χ3n) is 4.16. The van der Waals surface area contributed by atoms with Crippen LogP contribution in [0.25, 0.3) is 0 Å². The van der Waals surface area contributed by atoms with Crippen LogP contribution in [0.2, 0.25) is 0 Å². The molecule has 0 heterocycles. The third kappa shape index (κ3) is 2.56. The van der Waals surface area contributed by atoms with Crippen LogP contribution in [0.1, 0.15) is 45.1 Å². The average Bonchev–Trinajstić information content (AvgIpc) is 2.32. The van der Waals surface area contributed by atoms with E-state index in [4.69, 9.17) is 0 Å². The van der Waals surface area contributed by atoms with Gasteiger partial charge < -0.3 is 5.11 Å². The number of rotatable bonds is 2. The first-order valence-electron chi connectivity index (χ1n) is 6.60. The molecule has 0 aliphatic heterocycles. The van der Waals surface area contributed by atoms with Gasteiger partial charge in [-0.3, -0.25) is 0 Å². The van der Waals surface area contributed by atoms with E-state index >= 15 is 0 Å². The summed E-state index contributed by atoms with van der Waals surface area (Å²) in [4.78, 5) is 0. The molecule has 1 saturated carbocycles. The molecule has 0 radical (unpaired) electrons. The minimum Gasteiger partial charge on any atom is -0.385 e. The molecule has 3 heteroatoms. The predicted octanol–water partition coefficient (Wildman–Crippen LogP) is 4.00. The summed E-state index contributed by atoms with van der Waals surface area (Å²) in [7, 11) is 0. The van der Waals surface area contributed by atoms with Gasteiger partial charge in [0.05, 0.1) is 5.60 Å². The summed E-state index contributed by atoms with van der Waals surface area (Å²) in [6.45, 7) is 4.28. The van der Waals surface area contributed by atoms with Crippen molar-refractivity contribution >= 4 is 0 Å². The Hall–Kier alpha value is -0.960. The number of hydrogen-bond donors (Lipinski definition) is 1. The summed E-state index contributed by atoms with van der Waals surface area (Å²) in [5.41, 5.74) is -0.492. The van der Waals surface area contributed by atoms with E-state index in [9.17, 15) is 13.9 Å². The van der Waals surface area contributed by atoms with Gasteiger partial charge in [0.25, 0.3) is 0 Å². The molecule has 0 bridgehead atoms. The van der Waals surface area contributed by atoms with E-state index in [1.807, 2.05) is 0 Å². The molecular formula is C15H20F2O. The molecule has 1 fully saturated rings. The van der Waals surface area contributed by atoms with Crippen LogP contribution in [-0.2, 0) is 5.60 Å². The van der Waals surface area contributed by atoms with Crippen LogP contribution in [0.5, 0.6) is 0 Å². The van der Waals surface area contributed by atoms with Crippen molar-refractivity contribution in [3.05, 3.63) is 35.4 Å². The van der Waals surface area contributed by atoms with Gasteiger partial charge in [-0.2, -0.15) is 0 Å². The maximum atomic E-state index is 13.3. The highest BCUT2D eigenvalue weighted by atomic mass is 19.2. The van der Waals surface area contributed by atoms with E-state index in [2.05, 4.69) is 13.8 Å². The standard InChI is InChI=1S/C15H20F2O/c1-10(2)11-4-3-7-15(18,9-11)12-5-6-13(16)14(17)8-12/h5-6,8,10-11,18H,3-4,7,9H2,1-2H3. The number of benzene rings is 1. The van der Waals surface area contributed by atoms with Crippen LogP contribution in [0.4, 0.5) is 8.78 Å². The Labute approximate surface area is 107 Å². The third-order valence-corrected chi connectivity index (χ3v) is 4.16. The summed E-state index contributed by atoms with van der Waals surface area (Å²) in [6.07, 6.45) is 3.29. The lowest BCUT2D eigenvalue weighted by Gasteiger charge is -2.39. The summed E-state index contributed by atoms with van der Waals surface area (Å²) < 4.78 is 26.2. The molecule has 100 valence electrons. The Morgan fingerprint density at radius 1 is 1.28 bits per heavy atom. The van der Waals surface area contributed by atoms with Gasteiger partial charge in [-0.05, 0) is 55.2 Å². The highest BCUT2D eigenvalue weighted by Gasteiger charge is 2.37. The van der Waals surface area contributed by atoms with Gasteiger partial charge in [-0.15, -0.1) is 0 Å². The molecule has 1 aromatic rings. The first kappa shape index (κ1) is 13.5. The molecule has 2 atom stereocenters. The molecule has 1 aromatic carbocycles. The lowest BCUT2D eigenvalue weighted by atomic mass is 9.71. The highest BCUT2D eigenvalue weighted by Crippen LogP contribution is 2.42. The van der Waals surface area contributed by atoms with Crippen LogP contribution in [0, 0.1) is 23.5 Å². The first-order valence-corrected chi connectivity index (χ1v) is 6.60.